The van der Waals surface area contributed by atoms with E-state index in [0.29, 0.717) is 5.92 Å². The Hall–Kier alpha value is -0.540. The summed E-state index contributed by atoms with van der Waals surface area (Å²) in [5, 5.41) is 9.18. The fourth-order valence-electron chi connectivity index (χ4n) is 2.04. The molecule has 0 aromatic heterocycles. The molecule has 0 saturated heterocycles. The summed E-state index contributed by atoms with van der Waals surface area (Å²) in [6.45, 7) is 4.85. The lowest BCUT2D eigenvalue weighted by Crippen LogP contribution is -2.32. The molecule has 1 N–H and O–H groups in total. The van der Waals surface area contributed by atoms with E-state index in [1.807, 2.05) is 12.1 Å². The van der Waals surface area contributed by atoms with Gasteiger partial charge in [0.1, 0.15) is 5.75 Å². The third-order valence-electron chi connectivity index (χ3n) is 3.11. The Kier molecular flexibility index (Phi) is 3.55. The lowest BCUT2D eigenvalue weighted by Gasteiger charge is -2.31. The molecule has 1 aliphatic carbocycles. The molecule has 0 bridgehead atoms. The fourth-order valence-corrected chi connectivity index (χ4v) is 2.27. The minimum Gasteiger partial charge on any atom is -0.493 e. The number of ether oxygens (including phenoxy) is 1. The van der Waals surface area contributed by atoms with Crippen LogP contribution >= 0.6 is 15.9 Å². The molecular formula is C13H17BrO2. The molecule has 1 saturated carbocycles. The molecule has 0 aliphatic heterocycles. The van der Waals surface area contributed by atoms with Crippen molar-refractivity contribution in [3.05, 3.63) is 27.7 Å². The SMILES string of the molecule is Cc1cc(OCC2CC(O)C2)cc(C)c1Br. The highest BCUT2D eigenvalue weighted by atomic mass is 79.9. The van der Waals surface area contributed by atoms with Crippen LogP contribution < -0.4 is 4.74 Å². The second-order valence-corrected chi connectivity index (χ2v) is 5.47. The van der Waals surface area contributed by atoms with E-state index in [2.05, 4.69) is 29.8 Å². The van der Waals surface area contributed by atoms with E-state index in [9.17, 15) is 5.11 Å². The first-order chi connectivity index (χ1) is 7.56. The average molecular weight is 285 g/mol. The molecule has 2 nitrogen and oxygen atoms in total. The number of hydrogen-bond donors (Lipinski definition) is 1. The molecule has 16 heavy (non-hydrogen) atoms. The Morgan fingerprint density at radius 1 is 1.31 bits per heavy atom. The van der Waals surface area contributed by atoms with Crippen molar-refractivity contribution in [2.75, 3.05) is 6.61 Å². The van der Waals surface area contributed by atoms with Crippen LogP contribution in [0.1, 0.15) is 24.0 Å². The van der Waals surface area contributed by atoms with Gasteiger partial charge in [-0.05, 0) is 55.9 Å². The van der Waals surface area contributed by atoms with E-state index < -0.39 is 0 Å². The summed E-state index contributed by atoms with van der Waals surface area (Å²) >= 11 is 3.54. The van der Waals surface area contributed by atoms with Crippen LogP contribution in [0.2, 0.25) is 0 Å². The number of rotatable bonds is 3. The summed E-state index contributed by atoms with van der Waals surface area (Å²) in [6, 6.07) is 4.10. The molecule has 0 heterocycles. The molecule has 0 amide bonds. The van der Waals surface area contributed by atoms with E-state index >= 15 is 0 Å². The first kappa shape index (κ1) is 11.9. The Balaban J connectivity index is 1.94. The molecule has 1 aromatic carbocycles. The number of aliphatic hydroxyl groups excluding tert-OH is 1. The zero-order valence-corrected chi connectivity index (χ0v) is 11.3. The molecule has 2 rings (SSSR count). The van der Waals surface area contributed by atoms with E-state index in [1.54, 1.807) is 0 Å². The van der Waals surface area contributed by atoms with Gasteiger partial charge in [-0.15, -0.1) is 0 Å². The summed E-state index contributed by atoms with van der Waals surface area (Å²) in [5.41, 5.74) is 2.40. The van der Waals surface area contributed by atoms with Crippen LogP contribution in [-0.4, -0.2) is 17.8 Å². The highest BCUT2D eigenvalue weighted by molar-refractivity contribution is 9.10. The number of aliphatic hydroxyl groups is 1. The molecule has 1 fully saturated rings. The lowest BCUT2D eigenvalue weighted by molar-refractivity contribution is 0.0203. The van der Waals surface area contributed by atoms with Crippen molar-refractivity contribution in [1.29, 1.82) is 0 Å². The summed E-state index contributed by atoms with van der Waals surface area (Å²) in [7, 11) is 0. The van der Waals surface area contributed by atoms with E-state index in [0.717, 1.165) is 29.7 Å². The largest absolute Gasteiger partial charge is 0.493 e. The zero-order valence-electron chi connectivity index (χ0n) is 9.66. The third kappa shape index (κ3) is 2.58. The molecule has 88 valence electrons. The number of hydrogen-bond acceptors (Lipinski definition) is 2. The normalized spacial score (nSPS) is 24.0. The summed E-state index contributed by atoms with van der Waals surface area (Å²) < 4.78 is 6.89. The molecule has 3 heteroatoms. The van der Waals surface area contributed by atoms with Crippen molar-refractivity contribution < 1.29 is 9.84 Å². The first-order valence-electron chi connectivity index (χ1n) is 5.64. The molecule has 0 radical (unpaired) electrons. The van der Waals surface area contributed by atoms with Crippen LogP contribution in [0.15, 0.2) is 16.6 Å². The highest BCUT2D eigenvalue weighted by Gasteiger charge is 2.27. The topological polar surface area (TPSA) is 29.5 Å². The summed E-state index contributed by atoms with van der Waals surface area (Å²) in [5.74, 6) is 1.46. The van der Waals surface area contributed by atoms with Crippen LogP contribution in [0.4, 0.5) is 0 Å². The van der Waals surface area contributed by atoms with Crippen molar-refractivity contribution in [2.45, 2.75) is 32.8 Å². The Labute approximate surface area is 105 Å². The van der Waals surface area contributed by atoms with E-state index in [4.69, 9.17) is 4.74 Å². The van der Waals surface area contributed by atoms with Gasteiger partial charge in [0.2, 0.25) is 0 Å². The molecular weight excluding hydrogens is 268 g/mol. The van der Waals surface area contributed by atoms with Crippen LogP contribution in [0.3, 0.4) is 0 Å². The zero-order chi connectivity index (χ0) is 11.7. The van der Waals surface area contributed by atoms with E-state index in [-0.39, 0.29) is 6.10 Å². The van der Waals surface area contributed by atoms with Gasteiger partial charge in [-0.25, -0.2) is 0 Å². The van der Waals surface area contributed by atoms with Crippen LogP contribution in [0, 0.1) is 19.8 Å². The van der Waals surface area contributed by atoms with Gasteiger partial charge in [-0.2, -0.15) is 0 Å². The molecule has 1 aliphatic rings. The van der Waals surface area contributed by atoms with Crippen molar-refractivity contribution in [3.8, 4) is 5.75 Å². The number of benzene rings is 1. The minimum absolute atomic E-state index is 0.0954. The maximum atomic E-state index is 9.18. The Morgan fingerprint density at radius 2 is 1.88 bits per heavy atom. The molecule has 0 unspecified atom stereocenters. The van der Waals surface area contributed by atoms with E-state index in [1.165, 1.54) is 11.1 Å². The average Bonchev–Trinajstić information content (AvgIpc) is 2.19. The predicted molar refractivity (Wildman–Crippen MR) is 67.8 cm³/mol. The second kappa shape index (κ2) is 4.76. The van der Waals surface area contributed by atoms with Crippen LogP contribution in [0.25, 0.3) is 0 Å². The summed E-state index contributed by atoms with van der Waals surface area (Å²) in [4.78, 5) is 0. The highest BCUT2D eigenvalue weighted by Crippen LogP contribution is 2.30. The van der Waals surface area contributed by atoms with Gasteiger partial charge in [-0.1, -0.05) is 15.9 Å². The third-order valence-corrected chi connectivity index (χ3v) is 4.36. The second-order valence-electron chi connectivity index (χ2n) is 4.67. The predicted octanol–water partition coefficient (Wildman–Crippen LogP) is 3.22. The van der Waals surface area contributed by atoms with Gasteiger partial charge in [0.15, 0.2) is 0 Å². The van der Waals surface area contributed by atoms with Crippen molar-refractivity contribution in [1.82, 2.24) is 0 Å². The Bertz CT molecular complexity index is 361. The molecule has 0 spiro atoms. The minimum atomic E-state index is -0.0954. The fraction of sp³-hybridized carbons (Fsp3) is 0.538. The number of halogens is 1. The smallest absolute Gasteiger partial charge is 0.119 e. The Morgan fingerprint density at radius 3 is 2.38 bits per heavy atom. The van der Waals surface area contributed by atoms with Gasteiger partial charge in [0.05, 0.1) is 12.7 Å². The van der Waals surface area contributed by atoms with Gasteiger partial charge < -0.3 is 9.84 Å². The number of aryl methyl sites for hydroxylation is 2. The standard InChI is InChI=1S/C13H17BrO2/c1-8-3-12(4-9(2)13(8)14)16-7-10-5-11(15)6-10/h3-4,10-11,15H,5-7H2,1-2H3. The first-order valence-corrected chi connectivity index (χ1v) is 6.43. The monoisotopic (exact) mass is 284 g/mol. The van der Waals surface area contributed by atoms with Gasteiger partial charge in [0.25, 0.3) is 0 Å². The van der Waals surface area contributed by atoms with Crippen molar-refractivity contribution in [3.63, 3.8) is 0 Å². The molecule has 0 atom stereocenters. The van der Waals surface area contributed by atoms with Crippen molar-refractivity contribution >= 4 is 15.9 Å². The van der Waals surface area contributed by atoms with Crippen LogP contribution in [0.5, 0.6) is 5.75 Å². The molecule has 1 aromatic rings. The van der Waals surface area contributed by atoms with Crippen molar-refractivity contribution in [2.24, 2.45) is 5.92 Å². The van der Waals surface area contributed by atoms with Gasteiger partial charge >= 0.3 is 0 Å². The quantitative estimate of drug-likeness (QED) is 0.924. The van der Waals surface area contributed by atoms with Crippen LogP contribution in [-0.2, 0) is 0 Å². The van der Waals surface area contributed by atoms with Gasteiger partial charge in [-0.3, -0.25) is 0 Å². The summed E-state index contributed by atoms with van der Waals surface area (Å²) in [6.07, 6.45) is 1.67. The van der Waals surface area contributed by atoms with Gasteiger partial charge in [0, 0.05) is 4.47 Å². The maximum Gasteiger partial charge on any atom is 0.119 e. The lowest BCUT2D eigenvalue weighted by atomic mass is 9.83. The maximum absolute atomic E-state index is 9.18.